The van der Waals surface area contributed by atoms with E-state index in [4.69, 9.17) is 0 Å². The number of nitrogens with zero attached hydrogens (tertiary/aromatic N) is 1. The monoisotopic (exact) mass is 226 g/mol. The van der Waals surface area contributed by atoms with E-state index in [1.807, 2.05) is 6.07 Å². The van der Waals surface area contributed by atoms with E-state index in [0.717, 1.165) is 23.1 Å². The third-order valence-electron chi connectivity index (χ3n) is 1.88. The molecular weight excluding hydrogens is 220 g/mol. The maximum atomic E-state index is 11.2. The van der Waals surface area contributed by atoms with Crippen molar-refractivity contribution < 1.29 is 4.79 Å². The first kappa shape index (κ1) is 7.73. The number of nitrogens with one attached hydrogen (secondary N) is 1. The first-order valence-corrected chi connectivity index (χ1v) is 4.49. The predicted molar refractivity (Wildman–Crippen MR) is 48.0 cm³/mol. The Morgan fingerprint density at radius 2 is 2.42 bits per heavy atom. The van der Waals surface area contributed by atoms with Crippen LogP contribution in [0.3, 0.4) is 0 Å². The van der Waals surface area contributed by atoms with Gasteiger partial charge in [0, 0.05) is 12.7 Å². The highest BCUT2D eigenvalue weighted by molar-refractivity contribution is 9.10. The van der Waals surface area contributed by atoms with Gasteiger partial charge < -0.3 is 5.32 Å². The van der Waals surface area contributed by atoms with Gasteiger partial charge in [-0.1, -0.05) is 0 Å². The molecule has 1 aromatic rings. The average molecular weight is 227 g/mol. The summed E-state index contributed by atoms with van der Waals surface area (Å²) in [6.45, 7) is 0.724. The summed E-state index contributed by atoms with van der Waals surface area (Å²) in [5.41, 5.74) is 1.77. The van der Waals surface area contributed by atoms with Crippen LogP contribution in [0.25, 0.3) is 0 Å². The van der Waals surface area contributed by atoms with Crippen LogP contribution < -0.4 is 5.32 Å². The Labute approximate surface area is 78.3 Å². The largest absolute Gasteiger partial charge is 0.352 e. The molecule has 62 valence electrons. The Balaban J connectivity index is 2.53. The zero-order valence-electron chi connectivity index (χ0n) is 6.30. The van der Waals surface area contributed by atoms with Crippen LogP contribution in [0.2, 0.25) is 0 Å². The number of fused-ring (bicyclic) bond motifs is 1. The normalized spacial score (nSPS) is 15.2. The van der Waals surface area contributed by atoms with E-state index in [1.165, 1.54) is 0 Å². The zero-order chi connectivity index (χ0) is 8.55. The molecule has 1 N–H and O–H groups in total. The number of hydrogen-bond donors (Lipinski definition) is 1. The van der Waals surface area contributed by atoms with Crippen LogP contribution in [0, 0.1) is 0 Å². The van der Waals surface area contributed by atoms with Crippen LogP contribution >= 0.6 is 15.9 Å². The Hall–Kier alpha value is -0.900. The van der Waals surface area contributed by atoms with E-state index < -0.39 is 0 Å². The number of carbonyl (C=O) groups is 1. The van der Waals surface area contributed by atoms with Gasteiger partial charge in [0.05, 0.1) is 5.56 Å². The van der Waals surface area contributed by atoms with Gasteiger partial charge in [0.25, 0.3) is 5.91 Å². The van der Waals surface area contributed by atoms with Gasteiger partial charge in [-0.05, 0) is 34.0 Å². The zero-order valence-corrected chi connectivity index (χ0v) is 7.89. The summed E-state index contributed by atoms with van der Waals surface area (Å²) < 4.78 is 0.788. The highest BCUT2D eigenvalue weighted by Gasteiger charge is 2.16. The average Bonchev–Trinajstić information content (AvgIpc) is 2.04. The second kappa shape index (κ2) is 2.86. The van der Waals surface area contributed by atoms with E-state index in [2.05, 4.69) is 26.2 Å². The predicted octanol–water partition coefficient (Wildman–Crippen LogP) is 1.13. The standard InChI is InChI=1S/C8H7BrN2O/c9-7-3-5-1-2-10-8(12)6(5)4-11-7/h3-4H,1-2H2,(H,10,12). The number of carbonyl (C=O) groups excluding carboxylic acids is 1. The molecule has 1 amide bonds. The van der Waals surface area contributed by atoms with Crippen molar-refractivity contribution >= 4 is 21.8 Å². The van der Waals surface area contributed by atoms with Crippen molar-refractivity contribution in [2.45, 2.75) is 6.42 Å². The van der Waals surface area contributed by atoms with Gasteiger partial charge in [-0.2, -0.15) is 0 Å². The first-order valence-electron chi connectivity index (χ1n) is 3.70. The fraction of sp³-hybridized carbons (Fsp3) is 0.250. The quantitative estimate of drug-likeness (QED) is 0.675. The molecule has 0 atom stereocenters. The third kappa shape index (κ3) is 1.22. The fourth-order valence-corrected chi connectivity index (χ4v) is 1.66. The Kier molecular flexibility index (Phi) is 1.84. The smallest absolute Gasteiger partial charge is 0.253 e. The molecule has 0 bridgehead atoms. The lowest BCUT2D eigenvalue weighted by Gasteiger charge is -2.15. The summed E-state index contributed by atoms with van der Waals surface area (Å²) in [6.07, 6.45) is 2.50. The number of amides is 1. The maximum absolute atomic E-state index is 11.2. The van der Waals surface area contributed by atoms with Gasteiger partial charge >= 0.3 is 0 Å². The van der Waals surface area contributed by atoms with E-state index >= 15 is 0 Å². The molecule has 0 saturated heterocycles. The van der Waals surface area contributed by atoms with Crippen LogP contribution in [-0.4, -0.2) is 17.4 Å². The molecule has 0 radical (unpaired) electrons. The van der Waals surface area contributed by atoms with E-state index in [9.17, 15) is 4.79 Å². The van der Waals surface area contributed by atoms with Gasteiger partial charge in [-0.3, -0.25) is 4.79 Å². The van der Waals surface area contributed by atoms with Gasteiger partial charge in [0.15, 0.2) is 0 Å². The third-order valence-corrected chi connectivity index (χ3v) is 2.31. The minimum Gasteiger partial charge on any atom is -0.352 e. The Bertz CT molecular complexity index is 338. The molecule has 1 aliphatic rings. The van der Waals surface area contributed by atoms with Crippen molar-refractivity contribution in [1.82, 2.24) is 10.3 Å². The molecular formula is C8H7BrN2O. The Morgan fingerprint density at radius 1 is 1.58 bits per heavy atom. The molecule has 0 aromatic carbocycles. The van der Waals surface area contributed by atoms with Crippen LogP contribution in [0.15, 0.2) is 16.9 Å². The summed E-state index contributed by atoms with van der Waals surface area (Å²) in [5.74, 6) is -0.0174. The van der Waals surface area contributed by atoms with Gasteiger partial charge in [0.2, 0.25) is 0 Å². The number of hydrogen-bond acceptors (Lipinski definition) is 2. The molecule has 0 spiro atoms. The minimum atomic E-state index is -0.0174. The molecule has 0 fully saturated rings. The molecule has 12 heavy (non-hydrogen) atoms. The summed E-state index contributed by atoms with van der Waals surface area (Å²) in [6, 6.07) is 1.90. The van der Waals surface area contributed by atoms with Crippen molar-refractivity contribution in [1.29, 1.82) is 0 Å². The lowest BCUT2D eigenvalue weighted by atomic mass is 10.0. The molecule has 1 aromatic heterocycles. The molecule has 0 saturated carbocycles. The summed E-state index contributed by atoms with van der Waals surface area (Å²) in [7, 11) is 0. The van der Waals surface area contributed by atoms with Crippen molar-refractivity contribution in [3.63, 3.8) is 0 Å². The van der Waals surface area contributed by atoms with Gasteiger partial charge in [-0.15, -0.1) is 0 Å². The molecule has 4 heteroatoms. The lowest BCUT2D eigenvalue weighted by molar-refractivity contribution is 0.0945. The van der Waals surface area contributed by atoms with E-state index in [0.29, 0.717) is 5.56 Å². The highest BCUT2D eigenvalue weighted by Crippen LogP contribution is 2.16. The number of aromatic nitrogens is 1. The molecule has 2 heterocycles. The molecule has 1 aliphatic heterocycles. The Morgan fingerprint density at radius 3 is 3.25 bits per heavy atom. The maximum Gasteiger partial charge on any atom is 0.253 e. The summed E-state index contributed by atoms with van der Waals surface area (Å²) in [4.78, 5) is 15.2. The molecule has 2 rings (SSSR count). The van der Waals surface area contributed by atoms with Crippen molar-refractivity contribution in [3.05, 3.63) is 28.0 Å². The van der Waals surface area contributed by atoms with Crippen molar-refractivity contribution in [2.24, 2.45) is 0 Å². The summed E-state index contributed by atoms with van der Waals surface area (Å²) >= 11 is 3.27. The van der Waals surface area contributed by atoms with Gasteiger partial charge in [0.1, 0.15) is 4.60 Å². The SMILES string of the molecule is O=C1NCCc2cc(Br)ncc21. The van der Waals surface area contributed by atoms with Crippen LogP contribution in [0.1, 0.15) is 15.9 Å². The lowest BCUT2D eigenvalue weighted by Crippen LogP contribution is -2.31. The second-order valence-electron chi connectivity index (χ2n) is 2.67. The first-order chi connectivity index (χ1) is 5.77. The summed E-state index contributed by atoms with van der Waals surface area (Å²) in [5, 5.41) is 2.76. The van der Waals surface area contributed by atoms with Crippen molar-refractivity contribution in [2.75, 3.05) is 6.54 Å². The highest BCUT2D eigenvalue weighted by atomic mass is 79.9. The molecule has 0 aliphatic carbocycles. The number of rotatable bonds is 0. The second-order valence-corrected chi connectivity index (χ2v) is 3.48. The van der Waals surface area contributed by atoms with Gasteiger partial charge in [-0.25, -0.2) is 4.98 Å². The topological polar surface area (TPSA) is 42.0 Å². The molecule has 0 unspecified atom stereocenters. The van der Waals surface area contributed by atoms with E-state index in [-0.39, 0.29) is 5.91 Å². The van der Waals surface area contributed by atoms with Crippen LogP contribution in [-0.2, 0) is 6.42 Å². The fourth-order valence-electron chi connectivity index (χ4n) is 1.29. The van der Waals surface area contributed by atoms with E-state index in [1.54, 1.807) is 6.20 Å². The van der Waals surface area contributed by atoms with Crippen LogP contribution in [0.4, 0.5) is 0 Å². The van der Waals surface area contributed by atoms with Crippen molar-refractivity contribution in [3.8, 4) is 0 Å². The molecule has 3 nitrogen and oxygen atoms in total. The van der Waals surface area contributed by atoms with Crippen LogP contribution in [0.5, 0.6) is 0 Å². The number of pyridine rings is 1. The number of halogens is 1. The minimum absolute atomic E-state index is 0.0174.